The maximum atomic E-state index is 11.3. The number of hydrogen-bond acceptors (Lipinski definition) is 5. The zero-order valence-electron chi connectivity index (χ0n) is 12.3. The van der Waals surface area contributed by atoms with Crippen LogP contribution in [0.4, 0.5) is 0 Å². The molecular weight excluding hydrogens is 232 g/mol. The van der Waals surface area contributed by atoms with Gasteiger partial charge in [0, 0.05) is 19.1 Å². The van der Waals surface area contributed by atoms with Crippen LogP contribution in [0, 0.1) is 0 Å². The van der Waals surface area contributed by atoms with Crippen molar-refractivity contribution in [2.24, 2.45) is 0 Å². The van der Waals surface area contributed by atoms with Crippen molar-refractivity contribution >= 4 is 5.97 Å². The number of nitrogens with zero attached hydrogens (tertiary/aromatic N) is 2. The molecule has 0 aromatic rings. The number of likely N-dealkylation sites (N-methyl/N-ethyl adjacent to an activating group) is 2. The molecule has 0 aliphatic heterocycles. The van der Waals surface area contributed by atoms with Crippen molar-refractivity contribution in [3.05, 3.63) is 0 Å². The first-order chi connectivity index (χ1) is 8.40. The minimum Gasteiger partial charge on any atom is -0.466 e. The number of aliphatic hydroxyl groups is 1. The standard InChI is InChI=1S/C13H28N2O3/c1-6-15(11(3)9-14(4)5)10-12(16)8-13(17)18-7-2/h11-12,16H,6-10H2,1-5H3. The predicted molar refractivity (Wildman–Crippen MR) is 72.5 cm³/mol. The first-order valence-corrected chi connectivity index (χ1v) is 6.63. The molecule has 108 valence electrons. The highest BCUT2D eigenvalue weighted by Crippen LogP contribution is 2.04. The van der Waals surface area contributed by atoms with Gasteiger partial charge in [-0.3, -0.25) is 9.69 Å². The second kappa shape index (κ2) is 9.30. The number of rotatable bonds is 9. The molecule has 0 radical (unpaired) electrons. The van der Waals surface area contributed by atoms with E-state index >= 15 is 0 Å². The van der Waals surface area contributed by atoms with Crippen molar-refractivity contribution < 1.29 is 14.6 Å². The third-order valence-electron chi connectivity index (χ3n) is 2.81. The molecule has 0 heterocycles. The van der Waals surface area contributed by atoms with Crippen molar-refractivity contribution in [1.82, 2.24) is 9.80 Å². The van der Waals surface area contributed by atoms with Crippen LogP contribution in [0.3, 0.4) is 0 Å². The van der Waals surface area contributed by atoms with E-state index in [1.54, 1.807) is 6.92 Å². The van der Waals surface area contributed by atoms with E-state index in [9.17, 15) is 9.90 Å². The highest BCUT2D eigenvalue weighted by Gasteiger charge is 2.19. The fourth-order valence-corrected chi connectivity index (χ4v) is 2.01. The van der Waals surface area contributed by atoms with Gasteiger partial charge in [0.05, 0.1) is 19.1 Å². The number of ether oxygens (including phenoxy) is 1. The Kier molecular flexibility index (Phi) is 8.97. The molecule has 0 aliphatic rings. The summed E-state index contributed by atoms with van der Waals surface area (Å²) in [5.41, 5.74) is 0. The summed E-state index contributed by atoms with van der Waals surface area (Å²) < 4.78 is 4.83. The van der Waals surface area contributed by atoms with Gasteiger partial charge in [0.2, 0.25) is 0 Å². The molecule has 0 fully saturated rings. The molecule has 18 heavy (non-hydrogen) atoms. The molecule has 0 saturated heterocycles. The number of esters is 1. The number of aliphatic hydroxyl groups excluding tert-OH is 1. The van der Waals surface area contributed by atoms with Crippen LogP contribution in [-0.2, 0) is 9.53 Å². The van der Waals surface area contributed by atoms with E-state index in [1.807, 2.05) is 14.1 Å². The zero-order chi connectivity index (χ0) is 14.1. The molecule has 0 bridgehead atoms. The van der Waals surface area contributed by atoms with Gasteiger partial charge in [-0.1, -0.05) is 6.92 Å². The van der Waals surface area contributed by atoms with E-state index in [0.29, 0.717) is 19.2 Å². The summed E-state index contributed by atoms with van der Waals surface area (Å²) in [6, 6.07) is 0.349. The second-order valence-electron chi connectivity index (χ2n) is 4.86. The van der Waals surface area contributed by atoms with Crippen molar-refractivity contribution in [3.8, 4) is 0 Å². The van der Waals surface area contributed by atoms with Crippen molar-refractivity contribution in [2.75, 3.05) is 40.3 Å². The Bertz CT molecular complexity index is 234. The normalized spacial score (nSPS) is 14.9. The molecule has 0 aromatic carbocycles. The molecular formula is C13H28N2O3. The van der Waals surface area contributed by atoms with Gasteiger partial charge in [-0.2, -0.15) is 0 Å². The Labute approximate surface area is 111 Å². The van der Waals surface area contributed by atoms with Crippen LogP contribution in [0.5, 0.6) is 0 Å². The van der Waals surface area contributed by atoms with E-state index in [1.165, 1.54) is 0 Å². The Balaban J connectivity index is 4.14. The summed E-state index contributed by atoms with van der Waals surface area (Å²) in [5.74, 6) is -0.332. The first kappa shape index (κ1) is 17.4. The fourth-order valence-electron chi connectivity index (χ4n) is 2.01. The quantitative estimate of drug-likeness (QED) is 0.614. The van der Waals surface area contributed by atoms with Crippen LogP contribution in [0.15, 0.2) is 0 Å². The van der Waals surface area contributed by atoms with Gasteiger partial charge in [0.15, 0.2) is 0 Å². The van der Waals surface area contributed by atoms with E-state index in [0.717, 1.165) is 13.1 Å². The molecule has 0 aromatic heterocycles. The minimum absolute atomic E-state index is 0.0685. The monoisotopic (exact) mass is 260 g/mol. The molecule has 0 spiro atoms. The Morgan fingerprint density at radius 1 is 1.28 bits per heavy atom. The van der Waals surface area contributed by atoms with Crippen LogP contribution in [0.25, 0.3) is 0 Å². The number of hydrogen-bond donors (Lipinski definition) is 1. The average Bonchev–Trinajstić information content (AvgIpc) is 2.24. The summed E-state index contributed by atoms with van der Waals surface area (Å²) >= 11 is 0. The fraction of sp³-hybridized carbons (Fsp3) is 0.923. The van der Waals surface area contributed by atoms with Gasteiger partial charge < -0.3 is 14.7 Å². The molecule has 0 rings (SSSR count). The minimum atomic E-state index is -0.659. The molecule has 2 unspecified atom stereocenters. The van der Waals surface area contributed by atoms with E-state index in [2.05, 4.69) is 23.6 Å². The topological polar surface area (TPSA) is 53.0 Å². The molecule has 5 nitrogen and oxygen atoms in total. The Hall–Kier alpha value is -0.650. The van der Waals surface area contributed by atoms with Crippen LogP contribution < -0.4 is 0 Å². The van der Waals surface area contributed by atoms with Gasteiger partial charge in [0.1, 0.15) is 0 Å². The Morgan fingerprint density at radius 3 is 2.33 bits per heavy atom. The summed E-state index contributed by atoms with van der Waals surface area (Å²) in [5, 5.41) is 9.87. The molecule has 5 heteroatoms. The highest BCUT2D eigenvalue weighted by atomic mass is 16.5. The maximum Gasteiger partial charge on any atom is 0.308 e. The van der Waals surface area contributed by atoms with Gasteiger partial charge in [0.25, 0.3) is 0 Å². The smallest absolute Gasteiger partial charge is 0.308 e. The largest absolute Gasteiger partial charge is 0.466 e. The van der Waals surface area contributed by atoms with E-state index < -0.39 is 6.10 Å². The van der Waals surface area contributed by atoms with E-state index in [4.69, 9.17) is 4.74 Å². The average molecular weight is 260 g/mol. The lowest BCUT2D eigenvalue weighted by atomic mass is 10.2. The van der Waals surface area contributed by atoms with Gasteiger partial charge in [-0.05, 0) is 34.5 Å². The lowest BCUT2D eigenvalue weighted by Gasteiger charge is -2.31. The lowest BCUT2D eigenvalue weighted by molar-refractivity contribution is -0.145. The highest BCUT2D eigenvalue weighted by molar-refractivity contribution is 5.69. The van der Waals surface area contributed by atoms with Crippen molar-refractivity contribution in [3.63, 3.8) is 0 Å². The van der Waals surface area contributed by atoms with Gasteiger partial charge in [-0.25, -0.2) is 0 Å². The van der Waals surface area contributed by atoms with Gasteiger partial charge >= 0.3 is 5.97 Å². The molecule has 2 atom stereocenters. The predicted octanol–water partition coefficient (Wildman–Crippen LogP) is 0.573. The molecule has 0 aliphatic carbocycles. The SMILES string of the molecule is CCOC(=O)CC(O)CN(CC)C(C)CN(C)C. The maximum absolute atomic E-state index is 11.3. The summed E-state index contributed by atoms with van der Waals surface area (Å²) in [6.45, 7) is 8.60. The first-order valence-electron chi connectivity index (χ1n) is 6.63. The number of carbonyl (C=O) groups excluding carboxylic acids is 1. The third-order valence-corrected chi connectivity index (χ3v) is 2.81. The zero-order valence-corrected chi connectivity index (χ0v) is 12.3. The molecule has 1 N–H and O–H groups in total. The van der Waals surface area contributed by atoms with Crippen LogP contribution in [0.2, 0.25) is 0 Å². The van der Waals surface area contributed by atoms with Crippen LogP contribution in [-0.4, -0.2) is 73.4 Å². The molecule has 0 saturated carbocycles. The second-order valence-corrected chi connectivity index (χ2v) is 4.86. The third kappa shape index (κ3) is 7.63. The van der Waals surface area contributed by atoms with Crippen LogP contribution in [0.1, 0.15) is 27.2 Å². The Morgan fingerprint density at radius 2 is 1.89 bits per heavy atom. The van der Waals surface area contributed by atoms with Crippen molar-refractivity contribution in [2.45, 2.75) is 39.3 Å². The summed E-state index contributed by atoms with van der Waals surface area (Å²) in [7, 11) is 4.05. The number of carbonyl (C=O) groups is 1. The molecule has 0 amide bonds. The van der Waals surface area contributed by atoms with Crippen molar-refractivity contribution in [1.29, 1.82) is 0 Å². The summed E-state index contributed by atoms with van der Waals surface area (Å²) in [6.07, 6.45) is -0.590. The van der Waals surface area contributed by atoms with E-state index in [-0.39, 0.29) is 12.4 Å². The summed E-state index contributed by atoms with van der Waals surface area (Å²) in [4.78, 5) is 15.5. The van der Waals surface area contributed by atoms with Crippen LogP contribution >= 0.6 is 0 Å². The lowest BCUT2D eigenvalue weighted by Crippen LogP contribution is -2.44. The van der Waals surface area contributed by atoms with Gasteiger partial charge in [-0.15, -0.1) is 0 Å².